The summed E-state index contributed by atoms with van der Waals surface area (Å²) in [5, 5.41) is 13.0. The minimum absolute atomic E-state index is 0.278. The largest absolute Gasteiger partial charge is 0.291 e. The van der Waals surface area contributed by atoms with Crippen LogP contribution in [0.25, 0.3) is 11.4 Å². The van der Waals surface area contributed by atoms with E-state index in [1.54, 1.807) is 24.3 Å². The second-order valence-corrected chi connectivity index (χ2v) is 7.20. The Morgan fingerprint density at radius 3 is 2.30 bits per heavy atom. The van der Waals surface area contributed by atoms with E-state index in [0.717, 1.165) is 0 Å². The van der Waals surface area contributed by atoms with Crippen LogP contribution in [0.4, 0.5) is 0 Å². The van der Waals surface area contributed by atoms with Crippen molar-refractivity contribution < 1.29 is 8.42 Å². The van der Waals surface area contributed by atoms with Crippen molar-refractivity contribution in [1.29, 1.82) is 0 Å². The maximum absolute atomic E-state index is 11.7. The van der Waals surface area contributed by atoms with Crippen molar-refractivity contribution in [1.82, 2.24) is 14.8 Å². The molecule has 0 spiro atoms. The zero-order valence-corrected chi connectivity index (χ0v) is 12.9. The third kappa shape index (κ3) is 2.70. The lowest BCUT2D eigenvalue weighted by atomic mass is 10.1. The van der Waals surface area contributed by atoms with E-state index in [9.17, 15) is 8.42 Å². The third-order valence-corrected chi connectivity index (χ3v) is 3.78. The lowest BCUT2D eigenvalue weighted by Gasteiger charge is -2.24. The van der Waals surface area contributed by atoms with Crippen LogP contribution >= 0.6 is 11.6 Å². The number of nitrogens with zero attached hydrogens (tertiary/aromatic N) is 3. The fourth-order valence-electron chi connectivity index (χ4n) is 1.88. The summed E-state index contributed by atoms with van der Waals surface area (Å²) in [4.78, 5) is 0. The van der Waals surface area contributed by atoms with Crippen LogP contribution in [-0.4, -0.2) is 23.2 Å². The van der Waals surface area contributed by atoms with Gasteiger partial charge >= 0.3 is 0 Å². The average molecular weight is 315 g/mol. The van der Waals surface area contributed by atoms with Crippen LogP contribution in [0.5, 0.6) is 0 Å². The van der Waals surface area contributed by atoms with Crippen LogP contribution in [0.3, 0.4) is 0 Å². The molecule has 2 rings (SSSR count). The Hall–Kier alpha value is -1.44. The molecule has 1 aromatic carbocycles. The van der Waals surface area contributed by atoms with Gasteiger partial charge in [-0.25, -0.2) is 13.6 Å². The van der Waals surface area contributed by atoms with Gasteiger partial charge in [-0.2, -0.15) is 0 Å². The second-order valence-electron chi connectivity index (χ2n) is 5.34. The normalized spacial score (nSPS) is 12.7. The number of hydrogen-bond donors (Lipinski definition) is 1. The van der Waals surface area contributed by atoms with Crippen LogP contribution in [-0.2, 0) is 15.6 Å². The van der Waals surface area contributed by atoms with Crippen molar-refractivity contribution in [2.24, 2.45) is 5.14 Å². The Bertz CT molecular complexity index is 747. The molecule has 8 heteroatoms. The minimum Gasteiger partial charge on any atom is -0.291 e. The first-order chi connectivity index (χ1) is 9.12. The lowest BCUT2D eigenvalue weighted by molar-refractivity contribution is 0.366. The van der Waals surface area contributed by atoms with Crippen LogP contribution in [0, 0.1) is 0 Å². The number of halogens is 1. The van der Waals surface area contributed by atoms with E-state index in [-0.39, 0.29) is 5.16 Å². The first kappa shape index (κ1) is 15.0. The zero-order chi connectivity index (χ0) is 15.1. The van der Waals surface area contributed by atoms with Gasteiger partial charge in [-0.1, -0.05) is 23.7 Å². The molecular weight excluding hydrogens is 300 g/mol. The van der Waals surface area contributed by atoms with Gasteiger partial charge in [0.1, 0.15) is 0 Å². The van der Waals surface area contributed by atoms with E-state index >= 15 is 0 Å². The van der Waals surface area contributed by atoms with Gasteiger partial charge < -0.3 is 0 Å². The van der Waals surface area contributed by atoms with Gasteiger partial charge in [0.2, 0.25) is 0 Å². The molecule has 20 heavy (non-hydrogen) atoms. The second kappa shape index (κ2) is 4.83. The molecular formula is C12H15ClN4O2S. The molecule has 0 fully saturated rings. The smallest absolute Gasteiger partial charge is 0.273 e. The molecule has 0 aliphatic heterocycles. The molecule has 2 N–H and O–H groups in total. The van der Waals surface area contributed by atoms with Crippen molar-refractivity contribution in [3.63, 3.8) is 0 Å². The van der Waals surface area contributed by atoms with Crippen molar-refractivity contribution >= 4 is 21.6 Å². The number of primary sulfonamides is 1. The van der Waals surface area contributed by atoms with Crippen molar-refractivity contribution in [2.45, 2.75) is 31.5 Å². The molecule has 6 nitrogen and oxygen atoms in total. The fourth-order valence-corrected chi connectivity index (χ4v) is 2.87. The zero-order valence-electron chi connectivity index (χ0n) is 11.3. The Morgan fingerprint density at radius 1 is 1.20 bits per heavy atom. The van der Waals surface area contributed by atoms with Crippen molar-refractivity contribution in [3.8, 4) is 11.4 Å². The Morgan fingerprint density at radius 2 is 1.80 bits per heavy atom. The number of sulfonamides is 1. The van der Waals surface area contributed by atoms with Crippen LogP contribution in [0.15, 0.2) is 29.4 Å². The summed E-state index contributed by atoms with van der Waals surface area (Å²) in [6, 6.07) is 7.03. The monoisotopic (exact) mass is 314 g/mol. The van der Waals surface area contributed by atoms with Crippen LogP contribution in [0.1, 0.15) is 20.8 Å². The molecule has 0 saturated heterocycles. The molecule has 0 aliphatic carbocycles. The molecule has 0 radical (unpaired) electrons. The third-order valence-electron chi connectivity index (χ3n) is 2.67. The van der Waals surface area contributed by atoms with Crippen molar-refractivity contribution in [2.75, 3.05) is 0 Å². The van der Waals surface area contributed by atoms with Gasteiger partial charge in [-0.05, 0) is 32.9 Å². The number of hydrogen-bond acceptors (Lipinski definition) is 4. The maximum atomic E-state index is 11.7. The molecule has 2 aromatic rings. The first-order valence-corrected chi connectivity index (χ1v) is 7.78. The predicted molar refractivity (Wildman–Crippen MR) is 76.8 cm³/mol. The van der Waals surface area contributed by atoms with E-state index in [4.69, 9.17) is 16.7 Å². The minimum atomic E-state index is -3.97. The highest BCUT2D eigenvalue weighted by molar-refractivity contribution is 7.89. The molecule has 1 aromatic heterocycles. The molecule has 1 heterocycles. The number of rotatable bonds is 2. The summed E-state index contributed by atoms with van der Waals surface area (Å²) in [6.45, 7) is 5.52. The van der Waals surface area contributed by atoms with E-state index in [1.807, 2.05) is 20.8 Å². The van der Waals surface area contributed by atoms with E-state index < -0.39 is 15.6 Å². The van der Waals surface area contributed by atoms with Crippen LogP contribution in [0.2, 0.25) is 5.02 Å². The molecule has 0 saturated carbocycles. The van der Waals surface area contributed by atoms with Gasteiger partial charge in [0, 0.05) is 11.1 Å². The van der Waals surface area contributed by atoms with Gasteiger partial charge in [-0.15, -0.1) is 10.2 Å². The van der Waals surface area contributed by atoms with E-state index in [2.05, 4.69) is 10.2 Å². The summed E-state index contributed by atoms with van der Waals surface area (Å²) in [5.41, 5.74) is 0.0336. The summed E-state index contributed by atoms with van der Waals surface area (Å²) in [5.74, 6) is 0.368. The van der Waals surface area contributed by atoms with Gasteiger partial charge in [-0.3, -0.25) is 4.57 Å². The number of aromatic nitrogens is 3. The topological polar surface area (TPSA) is 90.9 Å². The molecule has 0 amide bonds. The summed E-state index contributed by atoms with van der Waals surface area (Å²) < 4.78 is 24.8. The standard InChI is InChI=1S/C12H15ClN4O2S/c1-12(2,3)17-10(8-6-4-5-7-9(8)13)15-16-11(17)20(14,18)19/h4-7H,1-3H3,(H2,14,18,19). The highest BCUT2D eigenvalue weighted by atomic mass is 35.5. The van der Waals surface area contributed by atoms with Gasteiger partial charge in [0.15, 0.2) is 5.82 Å². The van der Waals surface area contributed by atoms with E-state index in [1.165, 1.54) is 4.57 Å². The number of benzene rings is 1. The first-order valence-electron chi connectivity index (χ1n) is 5.86. The predicted octanol–water partition coefficient (Wildman–Crippen LogP) is 2.00. The SMILES string of the molecule is CC(C)(C)n1c(-c2ccccc2Cl)nnc1S(N)(=O)=O. The van der Waals surface area contributed by atoms with Gasteiger partial charge in [0.05, 0.1) is 5.02 Å². The highest BCUT2D eigenvalue weighted by Crippen LogP contribution is 2.31. The quantitative estimate of drug-likeness (QED) is 0.917. The summed E-state index contributed by atoms with van der Waals surface area (Å²) in [7, 11) is -3.97. The summed E-state index contributed by atoms with van der Waals surface area (Å²) >= 11 is 6.14. The fraction of sp³-hybridized carbons (Fsp3) is 0.333. The Kier molecular flexibility index (Phi) is 3.62. The molecule has 108 valence electrons. The Labute approximate surface area is 122 Å². The Balaban J connectivity index is 2.81. The molecule has 0 atom stereocenters. The highest BCUT2D eigenvalue weighted by Gasteiger charge is 2.29. The summed E-state index contributed by atoms with van der Waals surface area (Å²) in [6.07, 6.45) is 0. The average Bonchev–Trinajstić information content (AvgIpc) is 2.73. The van der Waals surface area contributed by atoms with E-state index in [0.29, 0.717) is 16.4 Å². The number of nitrogens with two attached hydrogens (primary N) is 1. The molecule has 0 bridgehead atoms. The molecule has 0 unspecified atom stereocenters. The van der Waals surface area contributed by atoms with Crippen LogP contribution < -0.4 is 5.14 Å². The van der Waals surface area contributed by atoms with Crippen molar-refractivity contribution in [3.05, 3.63) is 29.3 Å². The molecule has 0 aliphatic rings. The maximum Gasteiger partial charge on any atom is 0.273 e. The lowest BCUT2D eigenvalue weighted by Crippen LogP contribution is -2.29. The van der Waals surface area contributed by atoms with Gasteiger partial charge in [0.25, 0.3) is 15.2 Å².